The molecule has 0 aromatic rings. The molecule has 0 radical (unpaired) electrons. The first kappa shape index (κ1) is 8.86. The number of alkyl halides is 1. The zero-order valence-electron chi connectivity index (χ0n) is 5.34. The van der Waals surface area contributed by atoms with Crippen LogP contribution in [0.4, 0.5) is 0 Å². The maximum Gasteiger partial charge on any atom is 0.349 e. The van der Waals surface area contributed by atoms with Crippen LogP contribution in [-0.2, 0) is 4.79 Å². The molecule has 0 amide bonds. The van der Waals surface area contributed by atoms with Gasteiger partial charge in [0.1, 0.15) is 0 Å². The van der Waals surface area contributed by atoms with Crippen LogP contribution >= 0.6 is 34.2 Å². The van der Waals surface area contributed by atoms with Crippen LogP contribution in [0.2, 0.25) is 0 Å². The van der Waals surface area contributed by atoms with Gasteiger partial charge < -0.3 is 10.4 Å². The summed E-state index contributed by atoms with van der Waals surface area (Å²) in [6, 6.07) is 0. The Morgan fingerprint density at radius 2 is 2.45 bits per heavy atom. The SMILES string of the molecule is O=C(O)C1(Cl)C=CC(I)=CN1. The molecular formula is C6H5ClINO2. The molecule has 0 bridgehead atoms. The van der Waals surface area contributed by atoms with Gasteiger partial charge in [-0.1, -0.05) is 11.6 Å². The molecule has 1 rings (SSSR count). The van der Waals surface area contributed by atoms with Gasteiger partial charge in [0.25, 0.3) is 0 Å². The fraction of sp³-hybridized carbons (Fsp3) is 0.167. The molecule has 0 aromatic carbocycles. The number of carboxylic acid groups (broad SMARTS) is 1. The van der Waals surface area contributed by atoms with E-state index < -0.39 is 11.0 Å². The second-order valence-corrected chi connectivity index (χ2v) is 3.87. The van der Waals surface area contributed by atoms with Gasteiger partial charge in [0, 0.05) is 9.78 Å². The standard InChI is InChI=1S/C6H5ClINO2/c7-6(5(10)11)2-1-4(8)3-9-6/h1-3,9H,(H,10,11). The van der Waals surface area contributed by atoms with Crippen molar-refractivity contribution in [3.63, 3.8) is 0 Å². The van der Waals surface area contributed by atoms with Crippen molar-refractivity contribution in [1.82, 2.24) is 5.32 Å². The number of hydrogen-bond acceptors (Lipinski definition) is 2. The highest BCUT2D eigenvalue weighted by molar-refractivity contribution is 14.1. The molecule has 0 aromatic heterocycles. The quantitative estimate of drug-likeness (QED) is 0.435. The van der Waals surface area contributed by atoms with Crippen molar-refractivity contribution in [2.24, 2.45) is 0 Å². The topological polar surface area (TPSA) is 49.3 Å². The predicted molar refractivity (Wildman–Crippen MR) is 50.6 cm³/mol. The summed E-state index contributed by atoms with van der Waals surface area (Å²) in [6.45, 7) is 0. The molecule has 0 spiro atoms. The Labute approximate surface area is 82.2 Å². The van der Waals surface area contributed by atoms with Crippen molar-refractivity contribution in [3.05, 3.63) is 21.9 Å². The number of carboxylic acids is 1. The molecule has 1 aliphatic heterocycles. The maximum absolute atomic E-state index is 10.5. The van der Waals surface area contributed by atoms with Gasteiger partial charge in [-0.25, -0.2) is 4.79 Å². The number of halogens is 2. The zero-order valence-corrected chi connectivity index (χ0v) is 8.26. The minimum absolute atomic E-state index is 0.917. The predicted octanol–water partition coefficient (Wildman–Crippen LogP) is 1.44. The maximum atomic E-state index is 10.5. The lowest BCUT2D eigenvalue weighted by Crippen LogP contribution is -2.43. The van der Waals surface area contributed by atoms with Crippen molar-refractivity contribution in [2.45, 2.75) is 5.00 Å². The van der Waals surface area contributed by atoms with Crippen LogP contribution in [0.1, 0.15) is 0 Å². The molecule has 0 fully saturated rings. The van der Waals surface area contributed by atoms with Crippen LogP contribution in [0.25, 0.3) is 0 Å². The lowest BCUT2D eigenvalue weighted by Gasteiger charge is -2.21. The van der Waals surface area contributed by atoms with Crippen LogP contribution in [0.15, 0.2) is 21.9 Å². The summed E-state index contributed by atoms with van der Waals surface area (Å²) < 4.78 is 0.917. The third-order valence-corrected chi connectivity index (χ3v) is 2.27. The molecule has 0 aliphatic carbocycles. The average Bonchev–Trinajstić information content (AvgIpc) is 1.95. The van der Waals surface area contributed by atoms with Gasteiger partial charge >= 0.3 is 5.97 Å². The molecule has 2 N–H and O–H groups in total. The highest BCUT2D eigenvalue weighted by Crippen LogP contribution is 2.21. The fourth-order valence-electron chi connectivity index (χ4n) is 0.598. The van der Waals surface area contributed by atoms with E-state index in [2.05, 4.69) is 27.9 Å². The van der Waals surface area contributed by atoms with E-state index in [0.29, 0.717) is 0 Å². The van der Waals surface area contributed by atoms with Crippen LogP contribution in [-0.4, -0.2) is 16.1 Å². The highest BCUT2D eigenvalue weighted by Gasteiger charge is 2.33. The minimum atomic E-state index is -1.46. The first-order valence-electron chi connectivity index (χ1n) is 2.79. The third-order valence-electron chi connectivity index (χ3n) is 1.20. The van der Waals surface area contributed by atoms with Gasteiger partial charge in [0.15, 0.2) is 0 Å². The second-order valence-electron chi connectivity index (χ2n) is 2.02. The van der Waals surface area contributed by atoms with Crippen molar-refractivity contribution >= 4 is 40.2 Å². The number of nitrogens with one attached hydrogen (secondary N) is 1. The van der Waals surface area contributed by atoms with Gasteiger partial charge in [-0.2, -0.15) is 0 Å². The third kappa shape index (κ3) is 1.87. The number of aliphatic carboxylic acids is 1. The van der Waals surface area contributed by atoms with E-state index >= 15 is 0 Å². The van der Waals surface area contributed by atoms with Crippen molar-refractivity contribution in [3.8, 4) is 0 Å². The smallest absolute Gasteiger partial charge is 0.349 e. The van der Waals surface area contributed by atoms with Gasteiger partial charge in [-0.3, -0.25) is 0 Å². The zero-order chi connectivity index (χ0) is 8.48. The van der Waals surface area contributed by atoms with E-state index in [1.165, 1.54) is 6.08 Å². The summed E-state index contributed by atoms with van der Waals surface area (Å²) in [5.41, 5.74) is 0. The molecule has 11 heavy (non-hydrogen) atoms. The number of allylic oxidation sites excluding steroid dienone is 2. The van der Waals surface area contributed by atoms with E-state index in [1.54, 1.807) is 12.3 Å². The fourth-order valence-corrected chi connectivity index (χ4v) is 1.05. The summed E-state index contributed by atoms with van der Waals surface area (Å²) in [4.78, 5) is 9.04. The number of rotatable bonds is 1. The number of carbonyl (C=O) groups is 1. The number of dihydropyridines is 1. The van der Waals surface area contributed by atoms with Crippen molar-refractivity contribution in [2.75, 3.05) is 0 Å². The first-order valence-corrected chi connectivity index (χ1v) is 4.25. The Morgan fingerprint density at radius 1 is 1.82 bits per heavy atom. The molecular weight excluding hydrogens is 280 g/mol. The second kappa shape index (κ2) is 3.02. The Bertz CT molecular complexity index is 251. The Kier molecular flexibility index (Phi) is 2.43. The largest absolute Gasteiger partial charge is 0.478 e. The summed E-state index contributed by atoms with van der Waals surface area (Å²) in [6.07, 6.45) is 4.61. The van der Waals surface area contributed by atoms with Gasteiger partial charge in [0.05, 0.1) is 0 Å². The van der Waals surface area contributed by atoms with Crippen LogP contribution in [0.3, 0.4) is 0 Å². The van der Waals surface area contributed by atoms with Crippen LogP contribution in [0.5, 0.6) is 0 Å². The van der Waals surface area contributed by atoms with Crippen molar-refractivity contribution < 1.29 is 9.90 Å². The molecule has 3 nitrogen and oxygen atoms in total. The molecule has 0 saturated heterocycles. The van der Waals surface area contributed by atoms with Crippen LogP contribution < -0.4 is 5.32 Å². The van der Waals surface area contributed by atoms with Gasteiger partial charge in [0.2, 0.25) is 5.00 Å². The minimum Gasteiger partial charge on any atom is -0.478 e. The molecule has 5 heteroatoms. The Hall–Kier alpha value is -0.230. The Morgan fingerprint density at radius 3 is 2.82 bits per heavy atom. The molecule has 1 aliphatic rings. The molecule has 1 unspecified atom stereocenters. The van der Waals surface area contributed by atoms with Gasteiger partial charge in [-0.05, 0) is 34.7 Å². The average molecular weight is 285 g/mol. The monoisotopic (exact) mass is 285 g/mol. The van der Waals surface area contributed by atoms with E-state index in [-0.39, 0.29) is 0 Å². The highest BCUT2D eigenvalue weighted by atomic mass is 127. The van der Waals surface area contributed by atoms with Gasteiger partial charge in [-0.15, -0.1) is 0 Å². The lowest BCUT2D eigenvalue weighted by atomic mass is 10.2. The van der Waals surface area contributed by atoms with Crippen molar-refractivity contribution in [1.29, 1.82) is 0 Å². The summed E-state index contributed by atoms with van der Waals surface area (Å²) in [5, 5.41) is 11.2. The first-order chi connectivity index (χ1) is 5.04. The number of hydrogen-bond donors (Lipinski definition) is 2. The van der Waals surface area contributed by atoms with E-state index in [9.17, 15) is 4.79 Å². The van der Waals surface area contributed by atoms with E-state index in [1.807, 2.05) is 0 Å². The van der Waals surface area contributed by atoms with Crippen LogP contribution in [0, 0.1) is 0 Å². The molecule has 1 atom stereocenters. The molecule has 0 saturated carbocycles. The van der Waals surface area contributed by atoms with E-state index in [0.717, 1.165) is 3.58 Å². The lowest BCUT2D eigenvalue weighted by molar-refractivity contribution is -0.139. The van der Waals surface area contributed by atoms with E-state index in [4.69, 9.17) is 16.7 Å². The molecule has 1 heterocycles. The molecule has 60 valence electrons. The summed E-state index contributed by atoms with van der Waals surface area (Å²) in [7, 11) is 0. The summed E-state index contributed by atoms with van der Waals surface area (Å²) in [5.74, 6) is -1.10. The summed E-state index contributed by atoms with van der Waals surface area (Å²) >= 11 is 7.69. The normalized spacial score (nSPS) is 29.1. The Balaban J connectivity index is 2.82.